The third kappa shape index (κ3) is 4.90. The van der Waals surface area contributed by atoms with E-state index in [-0.39, 0.29) is 0 Å². The van der Waals surface area contributed by atoms with Crippen LogP contribution in [0.25, 0.3) is 0 Å². The number of anilines is 2. The molecule has 0 radical (unpaired) electrons. The van der Waals surface area contributed by atoms with Crippen molar-refractivity contribution in [2.24, 2.45) is 5.10 Å². The van der Waals surface area contributed by atoms with E-state index in [0.717, 1.165) is 32.5 Å². The minimum atomic E-state index is -0.821. The molecule has 25 heavy (non-hydrogen) atoms. The molecule has 0 aliphatic rings. The van der Waals surface area contributed by atoms with E-state index in [1.165, 1.54) is 13.3 Å². The van der Waals surface area contributed by atoms with Gasteiger partial charge >= 0.3 is 11.8 Å². The van der Waals surface area contributed by atoms with Crippen molar-refractivity contribution in [1.29, 1.82) is 0 Å². The highest BCUT2D eigenvalue weighted by Crippen LogP contribution is 2.27. The van der Waals surface area contributed by atoms with Gasteiger partial charge in [0.05, 0.1) is 6.21 Å². The zero-order valence-electron chi connectivity index (χ0n) is 14.2. The van der Waals surface area contributed by atoms with E-state index in [0.29, 0.717) is 0 Å². The summed E-state index contributed by atoms with van der Waals surface area (Å²) in [5.74, 6) is -1.57. The molecular formula is C18H19BrN4O2. The SMILES string of the molecule is CNC(=O)C(=O)N/N=C\c1cc(Br)ccc1Nc1c(C)cccc1C. The Labute approximate surface area is 154 Å². The van der Waals surface area contributed by atoms with Gasteiger partial charge in [-0.15, -0.1) is 0 Å². The van der Waals surface area contributed by atoms with Crippen molar-refractivity contribution < 1.29 is 9.59 Å². The average Bonchev–Trinajstić information content (AvgIpc) is 2.59. The monoisotopic (exact) mass is 402 g/mol. The van der Waals surface area contributed by atoms with Crippen LogP contribution < -0.4 is 16.1 Å². The molecule has 130 valence electrons. The molecule has 0 atom stereocenters. The van der Waals surface area contributed by atoms with Crippen molar-refractivity contribution in [3.8, 4) is 0 Å². The van der Waals surface area contributed by atoms with E-state index in [2.05, 4.69) is 37.1 Å². The van der Waals surface area contributed by atoms with Crippen molar-refractivity contribution in [1.82, 2.24) is 10.7 Å². The summed E-state index contributed by atoms with van der Waals surface area (Å²) in [5, 5.41) is 9.49. The van der Waals surface area contributed by atoms with Crippen LogP contribution in [-0.2, 0) is 9.59 Å². The van der Waals surface area contributed by atoms with E-state index >= 15 is 0 Å². The van der Waals surface area contributed by atoms with Crippen LogP contribution in [0.2, 0.25) is 0 Å². The van der Waals surface area contributed by atoms with Gasteiger partial charge in [0, 0.05) is 28.5 Å². The lowest BCUT2D eigenvalue weighted by atomic mass is 10.1. The summed E-state index contributed by atoms with van der Waals surface area (Å²) in [6, 6.07) is 11.8. The molecule has 0 aliphatic heterocycles. The fourth-order valence-electron chi connectivity index (χ4n) is 2.23. The van der Waals surface area contributed by atoms with Crippen LogP contribution in [-0.4, -0.2) is 25.1 Å². The molecule has 0 heterocycles. The second kappa shape index (κ2) is 8.43. The molecule has 7 heteroatoms. The van der Waals surface area contributed by atoms with Crippen LogP contribution in [0, 0.1) is 13.8 Å². The second-order valence-corrected chi connectivity index (χ2v) is 6.32. The molecule has 0 aliphatic carbocycles. The molecule has 0 aromatic heterocycles. The summed E-state index contributed by atoms with van der Waals surface area (Å²) in [4.78, 5) is 22.6. The van der Waals surface area contributed by atoms with Gasteiger partial charge < -0.3 is 10.6 Å². The number of carbonyl (C=O) groups is 2. The lowest BCUT2D eigenvalue weighted by Crippen LogP contribution is -2.35. The maximum atomic E-state index is 11.4. The Morgan fingerprint density at radius 3 is 2.40 bits per heavy atom. The summed E-state index contributed by atoms with van der Waals surface area (Å²) >= 11 is 3.43. The number of likely N-dealkylation sites (N-methyl/N-ethyl adjacent to an activating group) is 1. The number of carbonyl (C=O) groups excluding carboxylic acids is 2. The van der Waals surface area contributed by atoms with Crippen molar-refractivity contribution in [2.75, 3.05) is 12.4 Å². The molecule has 0 bridgehead atoms. The normalized spacial score (nSPS) is 10.6. The Bertz CT molecular complexity index is 814. The number of para-hydroxylation sites is 1. The number of hydrogen-bond acceptors (Lipinski definition) is 4. The molecule has 3 N–H and O–H groups in total. The van der Waals surface area contributed by atoms with Crippen LogP contribution in [0.1, 0.15) is 16.7 Å². The number of aryl methyl sites for hydroxylation is 2. The highest BCUT2D eigenvalue weighted by molar-refractivity contribution is 9.10. The molecule has 0 spiro atoms. The van der Waals surface area contributed by atoms with Crippen LogP contribution >= 0.6 is 15.9 Å². The topological polar surface area (TPSA) is 82.6 Å². The minimum absolute atomic E-state index is 0.750. The van der Waals surface area contributed by atoms with E-state index in [1.807, 2.05) is 50.2 Å². The van der Waals surface area contributed by atoms with Gasteiger partial charge in [0.15, 0.2) is 0 Å². The Hall–Kier alpha value is -2.67. The number of rotatable bonds is 4. The summed E-state index contributed by atoms with van der Waals surface area (Å²) in [6.45, 7) is 4.07. The number of benzene rings is 2. The van der Waals surface area contributed by atoms with Crippen molar-refractivity contribution in [3.63, 3.8) is 0 Å². The number of amides is 2. The van der Waals surface area contributed by atoms with Crippen LogP contribution in [0.15, 0.2) is 46.0 Å². The predicted octanol–water partition coefficient (Wildman–Crippen LogP) is 3.01. The first kappa shape index (κ1) is 18.7. The van der Waals surface area contributed by atoms with Crippen LogP contribution in [0.5, 0.6) is 0 Å². The van der Waals surface area contributed by atoms with Gasteiger partial charge in [-0.3, -0.25) is 9.59 Å². The van der Waals surface area contributed by atoms with Gasteiger partial charge in [-0.2, -0.15) is 5.10 Å². The van der Waals surface area contributed by atoms with Crippen molar-refractivity contribution >= 4 is 45.3 Å². The van der Waals surface area contributed by atoms with E-state index in [1.54, 1.807) is 0 Å². The molecular weight excluding hydrogens is 384 g/mol. The molecule has 2 amide bonds. The maximum Gasteiger partial charge on any atom is 0.329 e. The molecule has 2 aromatic rings. The Morgan fingerprint density at radius 1 is 1.08 bits per heavy atom. The van der Waals surface area contributed by atoms with Gasteiger partial charge in [0.2, 0.25) is 0 Å². The standard InChI is InChI=1S/C18H19BrN4O2/c1-11-5-4-6-12(2)16(11)22-15-8-7-14(19)9-13(15)10-21-23-18(25)17(24)20-3/h4-10,22H,1-3H3,(H,20,24)(H,23,25)/b21-10-. The molecule has 0 unspecified atom stereocenters. The lowest BCUT2D eigenvalue weighted by Gasteiger charge is -2.14. The maximum absolute atomic E-state index is 11.4. The van der Waals surface area contributed by atoms with Gasteiger partial charge in [0.1, 0.15) is 0 Å². The summed E-state index contributed by atoms with van der Waals surface area (Å²) in [6.07, 6.45) is 1.49. The van der Waals surface area contributed by atoms with Gasteiger partial charge in [0.25, 0.3) is 0 Å². The zero-order valence-corrected chi connectivity index (χ0v) is 15.8. The number of halogens is 1. The number of hydrazone groups is 1. The average molecular weight is 403 g/mol. The molecule has 6 nitrogen and oxygen atoms in total. The Kier molecular flexibility index (Phi) is 6.30. The third-order valence-electron chi connectivity index (χ3n) is 3.56. The lowest BCUT2D eigenvalue weighted by molar-refractivity contribution is -0.138. The summed E-state index contributed by atoms with van der Waals surface area (Å²) < 4.78 is 0.874. The third-order valence-corrected chi connectivity index (χ3v) is 4.05. The number of hydrogen-bond donors (Lipinski definition) is 3. The predicted molar refractivity (Wildman–Crippen MR) is 103 cm³/mol. The highest BCUT2D eigenvalue weighted by atomic mass is 79.9. The first-order chi connectivity index (χ1) is 11.9. The van der Waals surface area contributed by atoms with Crippen LogP contribution in [0.4, 0.5) is 11.4 Å². The Balaban J connectivity index is 2.26. The number of nitrogens with zero attached hydrogens (tertiary/aromatic N) is 1. The molecule has 2 aromatic carbocycles. The van der Waals surface area contributed by atoms with Gasteiger partial charge in [-0.05, 0) is 43.2 Å². The Morgan fingerprint density at radius 2 is 1.76 bits per heavy atom. The fraction of sp³-hybridized carbons (Fsp3) is 0.167. The highest BCUT2D eigenvalue weighted by Gasteiger charge is 2.10. The van der Waals surface area contributed by atoms with Crippen LogP contribution in [0.3, 0.4) is 0 Å². The van der Waals surface area contributed by atoms with Gasteiger partial charge in [-0.1, -0.05) is 34.1 Å². The molecule has 0 fully saturated rings. The first-order valence-electron chi connectivity index (χ1n) is 7.60. The van der Waals surface area contributed by atoms with Crippen molar-refractivity contribution in [2.45, 2.75) is 13.8 Å². The summed E-state index contributed by atoms with van der Waals surface area (Å²) in [5.41, 5.74) is 7.05. The molecule has 0 saturated heterocycles. The minimum Gasteiger partial charge on any atom is -0.355 e. The number of nitrogens with one attached hydrogen (secondary N) is 3. The second-order valence-electron chi connectivity index (χ2n) is 5.40. The van der Waals surface area contributed by atoms with E-state index in [4.69, 9.17) is 0 Å². The zero-order chi connectivity index (χ0) is 18.4. The van der Waals surface area contributed by atoms with Gasteiger partial charge in [-0.25, -0.2) is 5.43 Å². The smallest absolute Gasteiger partial charge is 0.329 e. The quantitative estimate of drug-likeness (QED) is 0.417. The molecule has 2 rings (SSSR count). The van der Waals surface area contributed by atoms with E-state index < -0.39 is 11.8 Å². The van der Waals surface area contributed by atoms with Crippen molar-refractivity contribution in [3.05, 3.63) is 57.6 Å². The largest absolute Gasteiger partial charge is 0.355 e. The fourth-order valence-corrected chi connectivity index (χ4v) is 2.60. The first-order valence-corrected chi connectivity index (χ1v) is 8.39. The summed E-state index contributed by atoms with van der Waals surface area (Å²) in [7, 11) is 1.38. The van der Waals surface area contributed by atoms with E-state index in [9.17, 15) is 9.59 Å². The molecule has 0 saturated carbocycles.